The van der Waals surface area contributed by atoms with Crippen LogP contribution in [0.4, 0.5) is 4.39 Å². The van der Waals surface area contributed by atoms with E-state index in [4.69, 9.17) is 4.74 Å². The molecule has 1 atom stereocenters. The van der Waals surface area contributed by atoms with E-state index in [9.17, 15) is 9.50 Å². The molecule has 0 spiro atoms. The minimum atomic E-state index is -0.902. The molecule has 1 aromatic carbocycles. The van der Waals surface area contributed by atoms with Crippen LogP contribution < -0.4 is 4.74 Å². The maximum atomic E-state index is 13.2. The topological polar surface area (TPSA) is 34.4 Å². The van der Waals surface area contributed by atoms with Crippen LogP contribution in [0.2, 0.25) is 0 Å². The zero-order valence-electron chi connectivity index (χ0n) is 9.72. The summed E-state index contributed by atoms with van der Waals surface area (Å²) in [6.07, 6.45) is 0.922. The summed E-state index contributed by atoms with van der Waals surface area (Å²) in [5, 5.41) is 10.2. The van der Waals surface area contributed by atoms with Gasteiger partial charge in [-0.25, -0.2) is 4.39 Å². The fourth-order valence-electron chi connectivity index (χ4n) is 1.84. The Morgan fingerprint density at radius 1 is 1.35 bits per heavy atom. The molecule has 0 amide bonds. The van der Waals surface area contributed by atoms with Gasteiger partial charge in [0, 0.05) is 18.8 Å². The third-order valence-corrected chi connectivity index (χ3v) is 2.75. The first kappa shape index (κ1) is 11.7. The molecule has 1 heterocycles. The highest BCUT2D eigenvalue weighted by atomic mass is 19.1. The minimum Gasteiger partial charge on any atom is -0.496 e. The largest absolute Gasteiger partial charge is 0.496 e. The van der Waals surface area contributed by atoms with E-state index in [1.54, 1.807) is 10.6 Å². The van der Waals surface area contributed by atoms with E-state index < -0.39 is 11.9 Å². The van der Waals surface area contributed by atoms with Crippen molar-refractivity contribution in [2.75, 3.05) is 7.11 Å². The molecule has 2 aromatic rings. The van der Waals surface area contributed by atoms with Crippen LogP contribution in [0.1, 0.15) is 17.4 Å². The van der Waals surface area contributed by atoms with Crippen LogP contribution in [0.5, 0.6) is 5.75 Å². The van der Waals surface area contributed by atoms with Crippen molar-refractivity contribution < 1.29 is 14.2 Å². The number of ether oxygens (including phenoxy) is 1. The number of rotatable bonds is 3. The molecule has 4 heteroatoms. The Morgan fingerprint density at radius 3 is 2.71 bits per heavy atom. The Kier molecular flexibility index (Phi) is 3.15. The van der Waals surface area contributed by atoms with Crippen LogP contribution in [0.25, 0.3) is 0 Å². The lowest BCUT2D eigenvalue weighted by molar-refractivity contribution is 0.205. The van der Waals surface area contributed by atoms with Crippen molar-refractivity contribution >= 4 is 0 Å². The first-order chi connectivity index (χ1) is 8.13. The maximum Gasteiger partial charge on any atom is 0.125 e. The molecule has 0 unspecified atom stereocenters. The van der Waals surface area contributed by atoms with Crippen LogP contribution in [0.3, 0.4) is 0 Å². The number of nitrogens with zero attached hydrogens (tertiary/aromatic N) is 1. The Labute approximate surface area is 99.1 Å². The number of aliphatic hydroxyl groups excluding tert-OH is 1. The highest BCUT2D eigenvalue weighted by Crippen LogP contribution is 2.30. The van der Waals surface area contributed by atoms with Gasteiger partial charge >= 0.3 is 0 Å². The van der Waals surface area contributed by atoms with Gasteiger partial charge in [-0.2, -0.15) is 0 Å². The minimum absolute atomic E-state index is 0.394. The van der Waals surface area contributed by atoms with E-state index in [1.807, 2.05) is 19.3 Å². The quantitative estimate of drug-likeness (QED) is 0.885. The van der Waals surface area contributed by atoms with Crippen molar-refractivity contribution in [3.8, 4) is 5.75 Å². The summed E-state index contributed by atoms with van der Waals surface area (Å²) in [7, 11) is 3.32. The Balaban J connectivity index is 2.46. The molecule has 17 heavy (non-hydrogen) atoms. The van der Waals surface area contributed by atoms with E-state index in [1.165, 1.54) is 25.3 Å². The first-order valence-electron chi connectivity index (χ1n) is 5.26. The number of hydrogen-bond donors (Lipinski definition) is 1. The summed E-state index contributed by atoms with van der Waals surface area (Å²) >= 11 is 0. The number of benzene rings is 1. The molecule has 0 fully saturated rings. The van der Waals surface area contributed by atoms with Crippen molar-refractivity contribution in [1.29, 1.82) is 0 Å². The van der Waals surface area contributed by atoms with E-state index >= 15 is 0 Å². The predicted octanol–water partition coefficient (Wildman–Crippen LogP) is 2.25. The van der Waals surface area contributed by atoms with Crippen molar-refractivity contribution in [1.82, 2.24) is 4.57 Å². The summed E-state index contributed by atoms with van der Waals surface area (Å²) in [4.78, 5) is 0. The molecule has 0 aliphatic heterocycles. The summed E-state index contributed by atoms with van der Waals surface area (Å²) < 4.78 is 20.1. The monoisotopic (exact) mass is 235 g/mol. The van der Waals surface area contributed by atoms with Gasteiger partial charge in [-0.1, -0.05) is 0 Å². The Hall–Kier alpha value is -1.81. The summed E-state index contributed by atoms with van der Waals surface area (Å²) in [6, 6.07) is 7.71. The van der Waals surface area contributed by atoms with E-state index in [2.05, 4.69) is 0 Å². The van der Waals surface area contributed by atoms with Gasteiger partial charge in [0.05, 0.1) is 12.8 Å². The third-order valence-electron chi connectivity index (χ3n) is 2.75. The van der Waals surface area contributed by atoms with Gasteiger partial charge in [-0.15, -0.1) is 0 Å². The third kappa shape index (κ3) is 2.17. The molecule has 0 radical (unpaired) electrons. The molecule has 90 valence electrons. The van der Waals surface area contributed by atoms with E-state index in [0.29, 0.717) is 17.0 Å². The number of aryl methyl sites for hydroxylation is 1. The van der Waals surface area contributed by atoms with Crippen molar-refractivity contribution in [3.05, 3.63) is 53.6 Å². The average Bonchev–Trinajstić information content (AvgIpc) is 2.74. The van der Waals surface area contributed by atoms with Crippen LogP contribution in [-0.4, -0.2) is 16.8 Å². The lowest BCUT2D eigenvalue weighted by Crippen LogP contribution is -2.07. The molecule has 3 nitrogen and oxygen atoms in total. The summed E-state index contributed by atoms with van der Waals surface area (Å²) in [5.74, 6) is 0.0779. The number of aliphatic hydroxyl groups is 1. The zero-order chi connectivity index (χ0) is 12.4. The average molecular weight is 235 g/mol. The molecule has 1 N–H and O–H groups in total. The number of aromatic nitrogens is 1. The van der Waals surface area contributed by atoms with Gasteiger partial charge in [-0.05, 0) is 30.3 Å². The normalized spacial score (nSPS) is 12.5. The fraction of sp³-hybridized carbons (Fsp3) is 0.231. The van der Waals surface area contributed by atoms with Gasteiger partial charge < -0.3 is 14.4 Å². The second-order valence-electron chi connectivity index (χ2n) is 3.83. The lowest BCUT2D eigenvalue weighted by Gasteiger charge is -2.15. The fourth-order valence-corrected chi connectivity index (χ4v) is 1.84. The van der Waals surface area contributed by atoms with Gasteiger partial charge in [0.1, 0.15) is 17.7 Å². The highest BCUT2D eigenvalue weighted by molar-refractivity contribution is 5.39. The maximum absolute atomic E-state index is 13.2. The van der Waals surface area contributed by atoms with E-state index in [-0.39, 0.29) is 0 Å². The van der Waals surface area contributed by atoms with Crippen molar-refractivity contribution in [2.24, 2.45) is 7.05 Å². The molecule has 1 aromatic heterocycles. The highest BCUT2D eigenvalue weighted by Gasteiger charge is 2.18. The van der Waals surface area contributed by atoms with Crippen LogP contribution >= 0.6 is 0 Å². The molecule has 2 rings (SSSR count). The van der Waals surface area contributed by atoms with Crippen molar-refractivity contribution in [3.63, 3.8) is 0 Å². The standard InChI is InChI=1S/C13H14FNO2/c1-15-7-3-4-11(15)13(16)10-8-9(14)5-6-12(10)17-2/h3-8,13,16H,1-2H3/t13-/m1/s1. The molecule has 0 bridgehead atoms. The number of methoxy groups -OCH3 is 1. The van der Waals surface area contributed by atoms with Crippen molar-refractivity contribution in [2.45, 2.75) is 6.10 Å². The van der Waals surface area contributed by atoms with Gasteiger partial charge in [-0.3, -0.25) is 0 Å². The first-order valence-corrected chi connectivity index (χ1v) is 5.26. The Bertz CT molecular complexity index is 522. The SMILES string of the molecule is COc1ccc(F)cc1[C@@H](O)c1cccn1C. The molecule has 0 saturated carbocycles. The smallest absolute Gasteiger partial charge is 0.125 e. The molecule has 0 aliphatic rings. The molecular formula is C13H14FNO2. The van der Waals surface area contributed by atoms with E-state index in [0.717, 1.165) is 0 Å². The van der Waals surface area contributed by atoms with Gasteiger partial charge in [0.25, 0.3) is 0 Å². The van der Waals surface area contributed by atoms with Crippen LogP contribution in [0.15, 0.2) is 36.5 Å². The molecule has 0 aliphatic carbocycles. The lowest BCUT2D eigenvalue weighted by atomic mass is 10.1. The predicted molar refractivity (Wildman–Crippen MR) is 62.4 cm³/mol. The van der Waals surface area contributed by atoms with Gasteiger partial charge in [0.2, 0.25) is 0 Å². The summed E-state index contributed by atoms with van der Waals surface area (Å²) in [6.45, 7) is 0. The second-order valence-corrected chi connectivity index (χ2v) is 3.83. The molecule has 0 saturated heterocycles. The zero-order valence-corrected chi connectivity index (χ0v) is 9.72. The Morgan fingerprint density at radius 2 is 2.12 bits per heavy atom. The second kappa shape index (κ2) is 4.59. The van der Waals surface area contributed by atoms with Crippen LogP contribution in [-0.2, 0) is 7.05 Å². The number of halogens is 1. The number of hydrogen-bond acceptors (Lipinski definition) is 2. The summed E-state index contributed by atoms with van der Waals surface area (Å²) in [5.41, 5.74) is 1.11. The van der Waals surface area contributed by atoms with Gasteiger partial charge in [0.15, 0.2) is 0 Å². The molecular weight excluding hydrogens is 221 g/mol. The van der Waals surface area contributed by atoms with Crippen LogP contribution in [0, 0.1) is 5.82 Å².